The molecule has 2 heterocycles. The molecule has 0 amide bonds. The monoisotopic (exact) mass is 355 g/mol. The van der Waals surface area contributed by atoms with Crippen LogP contribution in [0.2, 0.25) is 0 Å². The fourth-order valence-electron chi connectivity index (χ4n) is 1.85. The average Bonchev–Trinajstić information content (AvgIpc) is 2.71. The molecule has 1 fully saturated rings. The molecule has 1 saturated heterocycles. The van der Waals surface area contributed by atoms with E-state index in [0.717, 1.165) is 11.5 Å². The number of aliphatic hydroxyl groups is 1. The Balaban J connectivity index is 2.37. The summed E-state index contributed by atoms with van der Waals surface area (Å²) in [4.78, 5) is 0.0882. The standard InChI is InChI=1S/C10H14BrNO4S2/c1-7-6-17-3-2-12(7)18(14,15)9-4-8(5-13)16-10(9)11/h4,7,13H,2-3,5-6H2,1H3. The van der Waals surface area contributed by atoms with Crippen molar-refractivity contribution in [3.63, 3.8) is 0 Å². The predicted molar refractivity (Wildman–Crippen MR) is 73.0 cm³/mol. The molecule has 8 heteroatoms. The summed E-state index contributed by atoms with van der Waals surface area (Å²) < 4.78 is 31.8. The molecule has 2 rings (SSSR count). The molecule has 1 aliphatic rings. The molecule has 1 N–H and O–H groups in total. The van der Waals surface area contributed by atoms with Crippen LogP contribution >= 0.6 is 27.7 Å². The maximum Gasteiger partial charge on any atom is 0.247 e. The molecule has 5 nitrogen and oxygen atoms in total. The van der Waals surface area contributed by atoms with Crippen LogP contribution < -0.4 is 0 Å². The van der Waals surface area contributed by atoms with Gasteiger partial charge in [-0.05, 0) is 22.9 Å². The fraction of sp³-hybridized carbons (Fsp3) is 0.600. The van der Waals surface area contributed by atoms with Crippen LogP contribution in [0.15, 0.2) is 20.0 Å². The van der Waals surface area contributed by atoms with Gasteiger partial charge in [-0.1, -0.05) is 0 Å². The topological polar surface area (TPSA) is 70.8 Å². The maximum atomic E-state index is 12.5. The van der Waals surface area contributed by atoms with Gasteiger partial charge in [-0.15, -0.1) is 0 Å². The normalized spacial score (nSPS) is 22.3. The van der Waals surface area contributed by atoms with Crippen LogP contribution in [0.4, 0.5) is 0 Å². The van der Waals surface area contributed by atoms with Gasteiger partial charge in [0.15, 0.2) is 4.67 Å². The van der Waals surface area contributed by atoms with Gasteiger partial charge < -0.3 is 9.52 Å². The minimum Gasteiger partial charge on any atom is -0.450 e. The van der Waals surface area contributed by atoms with E-state index in [0.29, 0.717) is 6.54 Å². The summed E-state index contributed by atoms with van der Waals surface area (Å²) in [5.74, 6) is 1.83. The first kappa shape index (κ1) is 14.4. The Morgan fingerprint density at radius 2 is 2.39 bits per heavy atom. The van der Waals surface area contributed by atoms with Crippen LogP contribution in [0.1, 0.15) is 12.7 Å². The summed E-state index contributed by atoms with van der Waals surface area (Å²) in [5, 5.41) is 8.98. The molecular formula is C10H14BrNO4S2. The van der Waals surface area contributed by atoms with E-state index in [1.54, 1.807) is 11.8 Å². The van der Waals surface area contributed by atoms with Crippen molar-refractivity contribution >= 4 is 37.7 Å². The second-order valence-electron chi connectivity index (χ2n) is 4.05. The zero-order valence-corrected chi connectivity index (χ0v) is 13.0. The Morgan fingerprint density at radius 3 is 2.94 bits per heavy atom. The van der Waals surface area contributed by atoms with Gasteiger partial charge in [0, 0.05) is 30.2 Å². The van der Waals surface area contributed by atoms with Crippen molar-refractivity contribution in [3.8, 4) is 0 Å². The van der Waals surface area contributed by atoms with Gasteiger partial charge in [-0.25, -0.2) is 8.42 Å². The van der Waals surface area contributed by atoms with E-state index in [-0.39, 0.29) is 28.0 Å². The van der Waals surface area contributed by atoms with E-state index in [1.807, 2.05) is 6.92 Å². The van der Waals surface area contributed by atoms with Crippen LogP contribution in [0.5, 0.6) is 0 Å². The van der Waals surface area contributed by atoms with Gasteiger partial charge >= 0.3 is 0 Å². The smallest absolute Gasteiger partial charge is 0.247 e. The maximum absolute atomic E-state index is 12.5. The highest BCUT2D eigenvalue weighted by atomic mass is 79.9. The van der Waals surface area contributed by atoms with Crippen molar-refractivity contribution in [1.82, 2.24) is 4.31 Å². The van der Waals surface area contributed by atoms with Crippen molar-refractivity contribution in [2.24, 2.45) is 0 Å². The number of hydrogen-bond donors (Lipinski definition) is 1. The summed E-state index contributed by atoms with van der Waals surface area (Å²) in [7, 11) is -3.56. The second-order valence-corrected chi connectivity index (χ2v) is 7.78. The van der Waals surface area contributed by atoms with Crippen molar-refractivity contribution < 1.29 is 17.9 Å². The Bertz CT molecular complexity index is 528. The number of rotatable bonds is 3. The molecular weight excluding hydrogens is 342 g/mol. The van der Waals surface area contributed by atoms with E-state index in [9.17, 15) is 8.42 Å². The summed E-state index contributed by atoms with van der Waals surface area (Å²) in [6, 6.07) is 1.33. The third-order valence-electron chi connectivity index (χ3n) is 2.76. The second kappa shape index (κ2) is 5.54. The van der Waals surface area contributed by atoms with E-state index < -0.39 is 10.0 Å². The number of hydrogen-bond acceptors (Lipinski definition) is 5. The number of thioether (sulfide) groups is 1. The van der Waals surface area contributed by atoms with E-state index in [2.05, 4.69) is 15.9 Å². The van der Waals surface area contributed by atoms with Crippen molar-refractivity contribution in [2.75, 3.05) is 18.1 Å². The molecule has 18 heavy (non-hydrogen) atoms. The molecule has 1 aromatic rings. The summed E-state index contributed by atoms with van der Waals surface area (Å²) >= 11 is 4.84. The lowest BCUT2D eigenvalue weighted by Gasteiger charge is -2.31. The Kier molecular flexibility index (Phi) is 4.43. The molecule has 0 aliphatic carbocycles. The quantitative estimate of drug-likeness (QED) is 0.892. The first-order valence-corrected chi connectivity index (χ1v) is 8.84. The van der Waals surface area contributed by atoms with E-state index >= 15 is 0 Å². The van der Waals surface area contributed by atoms with E-state index in [1.165, 1.54) is 10.4 Å². The third kappa shape index (κ3) is 2.62. The van der Waals surface area contributed by atoms with Crippen molar-refractivity contribution in [3.05, 3.63) is 16.5 Å². The minimum atomic E-state index is -3.56. The zero-order chi connectivity index (χ0) is 13.3. The minimum absolute atomic E-state index is 0.0341. The lowest BCUT2D eigenvalue weighted by Crippen LogP contribution is -2.44. The van der Waals surface area contributed by atoms with Crippen molar-refractivity contribution in [1.29, 1.82) is 0 Å². The first-order chi connectivity index (χ1) is 8.46. The van der Waals surface area contributed by atoms with Gasteiger partial charge in [0.2, 0.25) is 10.0 Å². The van der Waals surface area contributed by atoms with Crippen LogP contribution in [-0.2, 0) is 16.6 Å². The van der Waals surface area contributed by atoms with Gasteiger partial charge in [0.1, 0.15) is 17.3 Å². The van der Waals surface area contributed by atoms with E-state index in [4.69, 9.17) is 9.52 Å². The zero-order valence-electron chi connectivity index (χ0n) is 9.80. The molecule has 0 radical (unpaired) electrons. The molecule has 0 bridgehead atoms. The summed E-state index contributed by atoms with van der Waals surface area (Å²) in [6.45, 7) is 2.07. The number of furan rings is 1. The highest BCUT2D eigenvalue weighted by Gasteiger charge is 2.34. The molecule has 1 aliphatic heterocycles. The average molecular weight is 356 g/mol. The number of nitrogens with zero attached hydrogens (tertiary/aromatic N) is 1. The Labute approximate surface area is 119 Å². The van der Waals surface area contributed by atoms with Crippen LogP contribution in [0.3, 0.4) is 0 Å². The molecule has 1 aromatic heterocycles. The van der Waals surface area contributed by atoms with Crippen LogP contribution in [0.25, 0.3) is 0 Å². The van der Waals surface area contributed by atoms with Crippen molar-refractivity contribution in [2.45, 2.75) is 24.5 Å². The molecule has 1 atom stereocenters. The molecule has 1 unspecified atom stereocenters. The lowest BCUT2D eigenvalue weighted by atomic mass is 10.4. The molecule has 0 aromatic carbocycles. The van der Waals surface area contributed by atoms with Gasteiger partial charge in [0.25, 0.3) is 0 Å². The molecule has 0 saturated carbocycles. The van der Waals surface area contributed by atoms with Gasteiger partial charge in [0.05, 0.1) is 0 Å². The Morgan fingerprint density at radius 1 is 1.67 bits per heavy atom. The van der Waals surface area contributed by atoms with Gasteiger partial charge in [-0.2, -0.15) is 16.1 Å². The molecule has 0 spiro atoms. The predicted octanol–water partition coefficient (Wildman–Crippen LogP) is 1.66. The lowest BCUT2D eigenvalue weighted by molar-refractivity contribution is 0.245. The highest BCUT2D eigenvalue weighted by Crippen LogP contribution is 2.31. The number of halogens is 1. The van der Waals surface area contributed by atoms with Crippen LogP contribution in [-0.4, -0.2) is 41.9 Å². The fourth-order valence-corrected chi connectivity index (χ4v) is 5.66. The largest absolute Gasteiger partial charge is 0.450 e. The number of sulfonamides is 1. The Hall–Kier alpha value is -0.0200. The number of aliphatic hydroxyl groups excluding tert-OH is 1. The van der Waals surface area contributed by atoms with Crippen LogP contribution in [0, 0.1) is 0 Å². The highest BCUT2D eigenvalue weighted by molar-refractivity contribution is 9.10. The summed E-state index contributed by atoms with van der Waals surface area (Å²) in [6.07, 6.45) is 0. The third-order valence-corrected chi connectivity index (χ3v) is 6.82. The summed E-state index contributed by atoms with van der Waals surface area (Å²) in [5.41, 5.74) is 0. The SMILES string of the molecule is CC1CSCCN1S(=O)(=O)c1cc(CO)oc1Br. The molecule has 102 valence electrons. The van der Waals surface area contributed by atoms with Gasteiger partial charge in [-0.3, -0.25) is 0 Å². The first-order valence-electron chi connectivity index (χ1n) is 5.45.